The number of aliphatic hydroxyl groups excluding tert-OH is 1. The molecule has 0 unspecified atom stereocenters. The fourth-order valence-electron chi connectivity index (χ4n) is 7.87. The second-order valence-electron chi connectivity index (χ2n) is 11.2. The van der Waals surface area contributed by atoms with Gasteiger partial charge in [0.15, 0.2) is 5.78 Å². The van der Waals surface area contributed by atoms with E-state index in [2.05, 4.69) is 19.2 Å². The lowest BCUT2D eigenvalue weighted by Gasteiger charge is -2.58. The van der Waals surface area contributed by atoms with Crippen LogP contribution in [0.15, 0.2) is 23.3 Å². The third-order valence-corrected chi connectivity index (χ3v) is 9.51. The molecule has 0 radical (unpaired) electrons. The molecule has 182 valence electrons. The molecule has 6 heteroatoms. The van der Waals surface area contributed by atoms with Crippen LogP contribution in [0.25, 0.3) is 0 Å². The number of amides is 1. The Kier molecular flexibility index (Phi) is 6.60. The molecule has 0 aromatic carbocycles. The Morgan fingerprint density at radius 3 is 2.64 bits per heavy atom. The van der Waals surface area contributed by atoms with Crippen molar-refractivity contribution in [3.05, 3.63) is 23.3 Å². The molecule has 7 atom stereocenters. The van der Waals surface area contributed by atoms with E-state index in [4.69, 9.17) is 9.84 Å². The van der Waals surface area contributed by atoms with E-state index < -0.39 is 6.61 Å². The van der Waals surface area contributed by atoms with Crippen LogP contribution in [0.5, 0.6) is 0 Å². The monoisotopic (exact) mass is 457 g/mol. The molecular weight excluding hydrogens is 418 g/mol. The summed E-state index contributed by atoms with van der Waals surface area (Å²) in [7, 11) is 0. The Morgan fingerprint density at radius 2 is 1.94 bits per heavy atom. The average molecular weight is 458 g/mol. The standard InChI is InChI=1S/C27H39NO5/c1-16(28-25(32)15-29)5-6-18-13-20(31)14-19-7-8-21-22-9-10-24(33-17(2)30)26(22,3)12-11-23(21)27(18,19)4/h13-14,16,21-24,29H,5-12,15H2,1-4H3,(H,28,32)/t16-,21+,22+,23+,24+,26+,27+/m1/s1. The maximum Gasteiger partial charge on any atom is 0.302 e. The van der Waals surface area contributed by atoms with Gasteiger partial charge in [-0.25, -0.2) is 0 Å². The molecule has 0 saturated heterocycles. The fraction of sp³-hybridized carbons (Fsp3) is 0.741. The van der Waals surface area contributed by atoms with Crippen molar-refractivity contribution in [3.8, 4) is 0 Å². The summed E-state index contributed by atoms with van der Waals surface area (Å²) < 4.78 is 5.78. The van der Waals surface area contributed by atoms with Crippen molar-refractivity contribution >= 4 is 17.7 Å². The van der Waals surface area contributed by atoms with E-state index >= 15 is 0 Å². The quantitative estimate of drug-likeness (QED) is 0.591. The minimum absolute atomic E-state index is 0.0182. The number of aliphatic hydroxyl groups is 1. The van der Waals surface area contributed by atoms with Crippen LogP contribution in [-0.2, 0) is 19.1 Å². The van der Waals surface area contributed by atoms with E-state index in [1.165, 1.54) is 18.1 Å². The largest absolute Gasteiger partial charge is 0.462 e. The predicted molar refractivity (Wildman–Crippen MR) is 125 cm³/mol. The molecule has 2 N–H and O–H groups in total. The number of carbonyl (C=O) groups is 3. The topological polar surface area (TPSA) is 92.7 Å². The zero-order valence-electron chi connectivity index (χ0n) is 20.5. The van der Waals surface area contributed by atoms with Gasteiger partial charge in [0.1, 0.15) is 12.7 Å². The first kappa shape index (κ1) is 24.2. The fourth-order valence-corrected chi connectivity index (χ4v) is 7.87. The summed E-state index contributed by atoms with van der Waals surface area (Å²) in [6.45, 7) is 7.62. The van der Waals surface area contributed by atoms with Crippen molar-refractivity contribution in [2.24, 2.45) is 28.6 Å². The molecule has 0 spiro atoms. The van der Waals surface area contributed by atoms with Crippen LogP contribution >= 0.6 is 0 Å². The minimum atomic E-state index is -0.506. The molecule has 3 saturated carbocycles. The Morgan fingerprint density at radius 1 is 1.18 bits per heavy atom. The summed E-state index contributed by atoms with van der Waals surface area (Å²) in [5.74, 6) is 1.13. The highest BCUT2D eigenvalue weighted by Gasteiger charge is 2.60. The highest BCUT2D eigenvalue weighted by atomic mass is 16.5. The summed E-state index contributed by atoms with van der Waals surface area (Å²) in [5, 5.41) is 11.8. The minimum Gasteiger partial charge on any atom is -0.462 e. The van der Waals surface area contributed by atoms with E-state index in [0.717, 1.165) is 51.4 Å². The molecule has 6 nitrogen and oxygen atoms in total. The second kappa shape index (κ2) is 9.01. The molecule has 0 aromatic rings. The Labute approximate surface area is 197 Å². The van der Waals surface area contributed by atoms with Gasteiger partial charge in [-0.05, 0) is 88.2 Å². The first-order valence-electron chi connectivity index (χ1n) is 12.6. The van der Waals surface area contributed by atoms with Gasteiger partial charge in [0, 0.05) is 23.8 Å². The number of fused-ring (bicyclic) bond motifs is 5. The van der Waals surface area contributed by atoms with Gasteiger partial charge in [-0.3, -0.25) is 14.4 Å². The maximum atomic E-state index is 12.6. The number of esters is 1. The van der Waals surface area contributed by atoms with Crippen molar-refractivity contribution < 1.29 is 24.2 Å². The first-order valence-corrected chi connectivity index (χ1v) is 12.6. The molecule has 33 heavy (non-hydrogen) atoms. The van der Waals surface area contributed by atoms with Crippen LogP contribution in [0.2, 0.25) is 0 Å². The molecule has 4 aliphatic carbocycles. The SMILES string of the molecule is CC(=O)O[C@H]1CC[C@H]2[C@@H]3CCC4=CC(=O)C=C(CC[C@@H](C)NC(=O)CO)[C@]4(C)[C@H]3CC[C@]12C. The Balaban J connectivity index is 1.56. The van der Waals surface area contributed by atoms with E-state index in [9.17, 15) is 14.4 Å². The number of rotatable bonds is 6. The number of hydrogen-bond donors (Lipinski definition) is 2. The van der Waals surface area contributed by atoms with Crippen LogP contribution in [0.1, 0.15) is 79.1 Å². The van der Waals surface area contributed by atoms with Gasteiger partial charge in [0.2, 0.25) is 5.91 Å². The molecular formula is C27H39NO5. The molecule has 1 amide bonds. The lowest BCUT2D eigenvalue weighted by atomic mass is 9.46. The van der Waals surface area contributed by atoms with Gasteiger partial charge in [-0.15, -0.1) is 0 Å². The average Bonchev–Trinajstić information content (AvgIpc) is 3.08. The van der Waals surface area contributed by atoms with Crippen LogP contribution in [0.4, 0.5) is 0 Å². The lowest BCUT2D eigenvalue weighted by Crippen LogP contribution is -2.52. The van der Waals surface area contributed by atoms with Gasteiger partial charge < -0.3 is 15.2 Å². The third kappa shape index (κ3) is 4.20. The molecule has 0 aromatic heterocycles. The zero-order chi connectivity index (χ0) is 24.0. The number of ketones is 1. The highest BCUT2D eigenvalue weighted by Crippen LogP contribution is 2.66. The smallest absolute Gasteiger partial charge is 0.302 e. The Hall–Kier alpha value is -1.95. The molecule has 0 bridgehead atoms. The Bertz CT molecular complexity index is 891. The lowest BCUT2D eigenvalue weighted by molar-refractivity contribution is -0.156. The number of carbonyl (C=O) groups excluding carboxylic acids is 3. The maximum absolute atomic E-state index is 12.6. The van der Waals surface area contributed by atoms with E-state index in [1.807, 2.05) is 19.1 Å². The third-order valence-electron chi connectivity index (χ3n) is 9.51. The number of ether oxygens (including phenoxy) is 1. The van der Waals surface area contributed by atoms with Crippen LogP contribution in [0, 0.1) is 28.6 Å². The van der Waals surface area contributed by atoms with E-state index in [1.54, 1.807) is 0 Å². The molecule has 0 heterocycles. The van der Waals surface area contributed by atoms with Gasteiger partial charge in [0.05, 0.1) is 0 Å². The molecule has 3 fully saturated rings. The highest BCUT2D eigenvalue weighted by molar-refractivity contribution is 6.02. The summed E-state index contributed by atoms with van der Waals surface area (Å²) >= 11 is 0. The van der Waals surface area contributed by atoms with Gasteiger partial charge in [-0.1, -0.05) is 25.0 Å². The number of hydrogen-bond acceptors (Lipinski definition) is 5. The van der Waals surface area contributed by atoms with Gasteiger partial charge in [0.25, 0.3) is 0 Å². The predicted octanol–water partition coefficient (Wildman–Crippen LogP) is 3.87. The summed E-state index contributed by atoms with van der Waals surface area (Å²) in [4.78, 5) is 35.9. The van der Waals surface area contributed by atoms with E-state index in [-0.39, 0.29) is 40.6 Å². The van der Waals surface area contributed by atoms with Crippen molar-refractivity contribution in [2.45, 2.75) is 91.2 Å². The molecule has 4 aliphatic rings. The second-order valence-corrected chi connectivity index (χ2v) is 11.2. The normalized spacial score (nSPS) is 38.3. The number of allylic oxidation sites excluding steroid dienone is 4. The van der Waals surface area contributed by atoms with Crippen molar-refractivity contribution in [3.63, 3.8) is 0 Å². The van der Waals surface area contributed by atoms with Crippen LogP contribution in [0.3, 0.4) is 0 Å². The van der Waals surface area contributed by atoms with Crippen molar-refractivity contribution in [1.82, 2.24) is 5.32 Å². The summed E-state index contributed by atoms with van der Waals surface area (Å²) in [6, 6.07) is -0.0630. The number of nitrogens with one attached hydrogen (secondary N) is 1. The molecule has 4 rings (SSSR count). The first-order chi connectivity index (χ1) is 15.6. The van der Waals surface area contributed by atoms with Crippen molar-refractivity contribution in [1.29, 1.82) is 0 Å². The van der Waals surface area contributed by atoms with Crippen LogP contribution < -0.4 is 5.32 Å². The van der Waals surface area contributed by atoms with Crippen molar-refractivity contribution in [2.75, 3.05) is 6.61 Å². The van der Waals surface area contributed by atoms with Gasteiger partial charge >= 0.3 is 5.97 Å². The molecule has 0 aliphatic heterocycles. The van der Waals surface area contributed by atoms with Gasteiger partial charge in [-0.2, -0.15) is 0 Å². The summed E-state index contributed by atoms with van der Waals surface area (Å²) in [6.07, 6.45) is 11.5. The van der Waals surface area contributed by atoms with Crippen LogP contribution in [-0.4, -0.2) is 41.5 Å². The summed E-state index contributed by atoms with van der Waals surface area (Å²) in [5.41, 5.74) is 2.39. The van der Waals surface area contributed by atoms with E-state index in [0.29, 0.717) is 17.8 Å². The zero-order valence-corrected chi connectivity index (χ0v) is 20.5.